The van der Waals surface area contributed by atoms with Crippen LogP contribution < -0.4 is 0 Å². The van der Waals surface area contributed by atoms with Crippen LogP contribution in [0.2, 0.25) is 0 Å². The summed E-state index contributed by atoms with van der Waals surface area (Å²) < 4.78 is 17.2. The third-order valence-corrected chi connectivity index (χ3v) is 1.90. The van der Waals surface area contributed by atoms with Crippen LogP contribution in [-0.2, 0) is 10.6 Å². The van der Waals surface area contributed by atoms with Gasteiger partial charge in [-0.1, -0.05) is 0 Å². The molecule has 0 saturated heterocycles. The molecule has 0 aliphatic rings. The van der Waals surface area contributed by atoms with Crippen LogP contribution in [0.5, 0.6) is 0 Å². The Bertz CT molecular complexity index is 325. The molecule has 0 spiro atoms. The van der Waals surface area contributed by atoms with Crippen molar-refractivity contribution in [2.24, 2.45) is 0 Å². The number of hydrogen-bond donors (Lipinski definition) is 0. The summed E-state index contributed by atoms with van der Waals surface area (Å²) in [6.07, 6.45) is 0. The van der Waals surface area contributed by atoms with E-state index in [0.717, 1.165) is 0 Å². The van der Waals surface area contributed by atoms with Crippen LogP contribution in [0.4, 0.5) is 4.39 Å². The minimum atomic E-state index is -0.504. The van der Waals surface area contributed by atoms with E-state index in [-0.39, 0.29) is 5.88 Å². The van der Waals surface area contributed by atoms with Crippen molar-refractivity contribution in [3.05, 3.63) is 35.1 Å². The predicted octanol–water partition coefficient (Wildman–Crippen LogP) is 2.35. The number of ether oxygens (including phenoxy) is 1. The van der Waals surface area contributed by atoms with E-state index in [4.69, 9.17) is 11.6 Å². The van der Waals surface area contributed by atoms with Crippen LogP contribution in [-0.4, -0.2) is 13.1 Å². The lowest BCUT2D eigenvalue weighted by Crippen LogP contribution is -2.05. The maximum atomic E-state index is 12.7. The summed E-state index contributed by atoms with van der Waals surface area (Å²) in [5.41, 5.74) is 0.743. The summed E-state index contributed by atoms with van der Waals surface area (Å²) in [5.74, 6) is -0.832. The molecule has 0 heterocycles. The second-order valence-electron chi connectivity index (χ2n) is 2.43. The van der Waals surface area contributed by atoms with Gasteiger partial charge in [0.05, 0.1) is 12.7 Å². The molecule has 1 rings (SSSR count). The maximum absolute atomic E-state index is 12.7. The predicted molar refractivity (Wildman–Crippen MR) is 47.3 cm³/mol. The fourth-order valence-electron chi connectivity index (χ4n) is 0.982. The highest BCUT2D eigenvalue weighted by atomic mass is 35.5. The Kier molecular flexibility index (Phi) is 3.25. The van der Waals surface area contributed by atoms with Gasteiger partial charge in [0.15, 0.2) is 0 Å². The van der Waals surface area contributed by atoms with E-state index in [9.17, 15) is 9.18 Å². The zero-order valence-electron chi connectivity index (χ0n) is 7.01. The van der Waals surface area contributed by atoms with Gasteiger partial charge >= 0.3 is 5.97 Å². The molecular weight excluding hydrogens is 195 g/mol. The molecule has 70 valence electrons. The Labute approximate surface area is 80.3 Å². The first kappa shape index (κ1) is 9.99. The normalized spacial score (nSPS) is 9.77. The van der Waals surface area contributed by atoms with E-state index in [0.29, 0.717) is 11.1 Å². The molecule has 0 aliphatic heterocycles. The zero-order chi connectivity index (χ0) is 9.84. The van der Waals surface area contributed by atoms with Crippen molar-refractivity contribution in [1.82, 2.24) is 0 Å². The lowest BCUT2D eigenvalue weighted by molar-refractivity contribution is 0.0599. The Morgan fingerprint density at radius 3 is 2.85 bits per heavy atom. The summed E-state index contributed by atoms with van der Waals surface area (Å²) in [6, 6.07) is 3.78. The molecule has 0 N–H and O–H groups in total. The van der Waals surface area contributed by atoms with Crippen LogP contribution in [0, 0.1) is 5.82 Å². The van der Waals surface area contributed by atoms with Crippen LogP contribution in [0.3, 0.4) is 0 Å². The minimum absolute atomic E-state index is 0.0855. The number of carbonyl (C=O) groups excluding carboxylic acids is 1. The van der Waals surface area contributed by atoms with Crippen LogP contribution in [0.25, 0.3) is 0 Å². The number of benzene rings is 1. The van der Waals surface area contributed by atoms with E-state index in [2.05, 4.69) is 4.74 Å². The molecule has 0 fully saturated rings. The molecule has 13 heavy (non-hydrogen) atoms. The number of hydrogen-bond acceptors (Lipinski definition) is 2. The van der Waals surface area contributed by atoms with Gasteiger partial charge in [0.25, 0.3) is 0 Å². The third-order valence-electron chi connectivity index (χ3n) is 1.62. The van der Waals surface area contributed by atoms with Gasteiger partial charge in [0.2, 0.25) is 0 Å². The summed E-state index contributed by atoms with van der Waals surface area (Å²) in [5, 5.41) is 0. The van der Waals surface area contributed by atoms with Crippen molar-refractivity contribution in [2.45, 2.75) is 5.88 Å². The van der Waals surface area contributed by atoms with E-state index in [1.807, 2.05) is 0 Å². The molecule has 4 heteroatoms. The van der Waals surface area contributed by atoms with Crippen molar-refractivity contribution >= 4 is 17.6 Å². The van der Waals surface area contributed by atoms with Crippen LogP contribution in [0.15, 0.2) is 18.2 Å². The first-order chi connectivity index (χ1) is 6.19. The lowest BCUT2D eigenvalue weighted by Gasteiger charge is -2.04. The maximum Gasteiger partial charge on any atom is 0.338 e. The zero-order valence-corrected chi connectivity index (χ0v) is 7.77. The molecule has 0 unspecified atom stereocenters. The van der Waals surface area contributed by atoms with Crippen molar-refractivity contribution in [1.29, 1.82) is 0 Å². The largest absolute Gasteiger partial charge is 0.465 e. The highest BCUT2D eigenvalue weighted by Crippen LogP contribution is 2.14. The smallest absolute Gasteiger partial charge is 0.338 e. The summed E-state index contributed by atoms with van der Waals surface area (Å²) in [7, 11) is 1.27. The fraction of sp³-hybridized carbons (Fsp3) is 0.222. The Morgan fingerprint density at radius 1 is 1.62 bits per heavy atom. The number of alkyl halides is 1. The molecule has 0 radical (unpaired) electrons. The number of methoxy groups -OCH3 is 1. The highest BCUT2D eigenvalue weighted by molar-refractivity contribution is 6.17. The molecule has 1 aromatic rings. The third kappa shape index (κ3) is 2.18. The summed E-state index contributed by atoms with van der Waals surface area (Å²) in [4.78, 5) is 11.1. The number of esters is 1. The molecule has 0 bridgehead atoms. The second-order valence-corrected chi connectivity index (χ2v) is 2.69. The monoisotopic (exact) mass is 202 g/mol. The van der Waals surface area contributed by atoms with Gasteiger partial charge in [-0.05, 0) is 23.8 Å². The number of carbonyl (C=O) groups is 1. The standard InChI is InChI=1S/C9H8ClFO2/c1-13-9(12)8-3-2-7(11)4-6(8)5-10/h2-4H,5H2,1H3. The van der Waals surface area contributed by atoms with E-state index in [1.165, 1.54) is 25.3 Å². The lowest BCUT2D eigenvalue weighted by atomic mass is 10.1. The summed E-state index contributed by atoms with van der Waals surface area (Å²) >= 11 is 5.53. The van der Waals surface area contributed by atoms with Gasteiger partial charge in [0, 0.05) is 5.88 Å². The average molecular weight is 203 g/mol. The molecule has 1 aromatic carbocycles. The molecule has 0 amide bonds. The van der Waals surface area contributed by atoms with Gasteiger partial charge in [-0.15, -0.1) is 11.6 Å². The van der Waals surface area contributed by atoms with Crippen molar-refractivity contribution in [3.63, 3.8) is 0 Å². The SMILES string of the molecule is COC(=O)c1ccc(F)cc1CCl. The molecule has 0 atom stereocenters. The first-order valence-electron chi connectivity index (χ1n) is 3.61. The van der Waals surface area contributed by atoms with E-state index >= 15 is 0 Å². The van der Waals surface area contributed by atoms with Crippen molar-refractivity contribution in [3.8, 4) is 0 Å². The Morgan fingerprint density at radius 2 is 2.31 bits per heavy atom. The topological polar surface area (TPSA) is 26.3 Å². The fourth-order valence-corrected chi connectivity index (χ4v) is 1.20. The molecule has 0 aliphatic carbocycles. The minimum Gasteiger partial charge on any atom is -0.465 e. The van der Waals surface area contributed by atoms with Gasteiger partial charge in [-0.3, -0.25) is 0 Å². The molecule has 2 nitrogen and oxygen atoms in total. The van der Waals surface area contributed by atoms with Gasteiger partial charge in [-0.25, -0.2) is 9.18 Å². The highest BCUT2D eigenvalue weighted by Gasteiger charge is 2.11. The first-order valence-corrected chi connectivity index (χ1v) is 4.15. The molecular formula is C9H8ClFO2. The van der Waals surface area contributed by atoms with Crippen LogP contribution >= 0.6 is 11.6 Å². The Hall–Kier alpha value is -1.09. The van der Waals surface area contributed by atoms with Crippen molar-refractivity contribution < 1.29 is 13.9 Å². The van der Waals surface area contributed by atoms with Crippen molar-refractivity contribution in [2.75, 3.05) is 7.11 Å². The molecule has 0 saturated carbocycles. The van der Waals surface area contributed by atoms with Gasteiger partial charge in [-0.2, -0.15) is 0 Å². The van der Waals surface area contributed by atoms with E-state index < -0.39 is 11.8 Å². The quantitative estimate of drug-likeness (QED) is 0.544. The van der Waals surface area contributed by atoms with E-state index in [1.54, 1.807) is 0 Å². The average Bonchev–Trinajstić information content (AvgIpc) is 2.16. The second kappa shape index (κ2) is 4.23. The number of rotatable bonds is 2. The number of halogens is 2. The van der Waals surface area contributed by atoms with Gasteiger partial charge in [0.1, 0.15) is 5.82 Å². The Balaban J connectivity index is 3.13. The van der Waals surface area contributed by atoms with Gasteiger partial charge < -0.3 is 4.74 Å². The molecule has 0 aromatic heterocycles. The van der Waals surface area contributed by atoms with Crippen LogP contribution in [0.1, 0.15) is 15.9 Å². The summed E-state index contributed by atoms with van der Waals surface area (Å²) in [6.45, 7) is 0.